The highest BCUT2D eigenvalue weighted by molar-refractivity contribution is 5.18. The van der Waals surface area contributed by atoms with Gasteiger partial charge >= 0.3 is 0 Å². The molecule has 12 heavy (non-hydrogen) atoms. The zero-order valence-electron chi connectivity index (χ0n) is 7.50. The molecule has 0 amide bonds. The minimum atomic E-state index is -0.105. The Balaban J connectivity index is 2.80. The molecule has 1 nitrogen and oxygen atoms in total. The van der Waals surface area contributed by atoms with E-state index in [0.717, 1.165) is 17.1 Å². The van der Waals surface area contributed by atoms with E-state index in [9.17, 15) is 4.48 Å². The van der Waals surface area contributed by atoms with Gasteiger partial charge in [0, 0.05) is 7.05 Å². The zero-order chi connectivity index (χ0) is 8.97. The van der Waals surface area contributed by atoms with Gasteiger partial charge in [-0.15, -0.1) is 9.60 Å². The lowest BCUT2D eigenvalue weighted by molar-refractivity contribution is 0.00599. The summed E-state index contributed by atoms with van der Waals surface area (Å²) in [5.41, 5.74) is 1.03. The fourth-order valence-corrected chi connectivity index (χ4v) is 1.37. The number of halogens is 1. The molecule has 2 heteroatoms. The zero-order valence-corrected chi connectivity index (χ0v) is 7.50. The van der Waals surface area contributed by atoms with Gasteiger partial charge in [-0.3, -0.25) is 0 Å². The molecule has 0 heterocycles. The van der Waals surface area contributed by atoms with Crippen LogP contribution in [-0.4, -0.2) is 12.2 Å². The van der Waals surface area contributed by atoms with Crippen LogP contribution in [0.4, 0.5) is 4.48 Å². The lowest BCUT2D eigenvalue weighted by atomic mass is 10.1. The normalized spacial score (nSPS) is 13.3. The van der Waals surface area contributed by atoms with Crippen molar-refractivity contribution >= 4 is 0 Å². The van der Waals surface area contributed by atoms with Crippen LogP contribution in [0.1, 0.15) is 24.9 Å². The van der Waals surface area contributed by atoms with Gasteiger partial charge in [-0.05, 0) is 12.0 Å². The van der Waals surface area contributed by atoms with E-state index < -0.39 is 0 Å². The molecular weight excluding hydrogens is 153 g/mol. The maximum Gasteiger partial charge on any atom is 0.0645 e. The Morgan fingerprint density at radius 3 is 2.33 bits per heavy atom. The van der Waals surface area contributed by atoms with Crippen LogP contribution in [-0.2, 0) is 0 Å². The molecule has 0 radical (unpaired) electrons. The second-order valence-electron chi connectivity index (χ2n) is 2.86. The number of hydrogen-bond donors (Lipinski definition) is 0. The van der Waals surface area contributed by atoms with Crippen LogP contribution in [0.25, 0.3) is 0 Å². The molecular formula is C10H14FN. The molecule has 0 aromatic heterocycles. The van der Waals surface area contributed by atoms with Crippen LogP contribution in [0.2, 0.25) is 0 Å². The van der Waals surface area contributed by atoms with Gasteiger partial charge < -0.3 is 0 Å². The summed E-state index contributed by atoms with van der Waals surface area (Å²) in [6.45, 7) is 1.98. The van der Waals surface area contributed by atoms with Crippen LogP contribution in [0.5, 0.6) is 0 Å². The highest BCUT2D eigenvalue weighted by Crippen LogP contribution is 2.22. The highest BCUT2D eigenvalue weighted by Gasteiger charge is 2.13. The Labute approximate surface area is 72.8 Å². The molecule has 1 aromatic rings. The van der Waals surface area contributed by atoms with Crippen molar-refractivity contribution in [1.82, 2.24) is 5.12 Å². The summed E-state index contributed by atoms with van der Waals surface area (Å²) in [6.07, 6.45) is 0.789. The molecule has 0 N–H and O–H groups in total. The van der Waals surface area contributed by atoms with Crippen molar-refractivity contribution in [2.24, 2.45) is 0 Å². The van der Waals surface area contributed by atoms with Crippen LogP contribution >= 0.6 is 0 Å². The third-order valence-electron chi connectivity index (χ3n) is 2.00. The van der Waals surface area contributed by atoms with Gasteiger partial charge in [0.15, 0.2) is 0 Å². The maximum atomic E-state index is 12.9. The van der Waals surface area contributed by atoms with Gasteiger partial charge in [0.25, 0.3) is 0 Å². The molecule has 1 aromatic carbocycles. The molecule has 0 aliphatic rings. The van der Waals surface area contributed by atoms with E-state index in [-0.39, 0.29) is 6.04 Å². The van der Waals surface area contributed by atoms with E-state index in [4.69, 9.17) is 0 Å². The number of nitrogens with zero attached hydrogens (tertiary/aromatic N) is 1. The average Bonchev–Trinajstić information content (AvgIpc) is 2.07. The predicted octanol–water partition coefficient (Wildman–Crippen LogP) is 2.95. The molecule has 0 fully saturated rings. The van der Waals surface area contributed by atoms with Gasteiger partial charge in [-0.1, -0.05) is 37.3 Å². The number of benzene rings is 1. The van der Waals surface area contributed by atoms with E-state index >= 15 is 0 Å². The third-order valence-corrected chi connectivity index (χ3v) is 2.00. The van der Waals surface area contributed by atoms with E-state index in [2.05, 4.69) is 0 Å². The third kappa shape index (κ3) is 2.05. The monoisotopic (exact) mass is 167 g/mol. The minimum absolute atomic E-state index is 0.105. The fraction of sp³-hybridized carbons (Fsp3) is 0.400. The van der Waals surface area contributed by atoms with Crippen LogP contribution in [0.3, 0.4) is 0 Å². The Kier molecular flexibility index (Phi) is 3.23. The van der Waals surface area contributed by atoms with Crippen molar-refractivity contribution in [2.45, 2.75) is 19.4 Å². The number of hydrogen-bond acceptors (Lipinski definition) is 1. The minimum Gasteiger partial charge on any atom is -0.142 e. The summed E-state index contributed by atoms with van der Waals surface area (Å²) >= 11 is 0. The largest absolute Gasteiger partial charge is 0.142 e. The summed E-state index contributed by atoms with van der Waals surface area (Å²) in [6, 6.07) is 9.59. The van der Waals surface area contributed by atoms with Crippen molar-refractivity contribution in [3.8, 4) is 0 Å². The van der Waals surface area contributed by atoms with E-state index in [0.29, 0.717) is 0 Å². The van der Waals surface area contributed by atoms with Crippen LogP contribution in [0, 0.1) is 0 Å². The summed E-state index contributed by atoms with van der Waals surface area (Å²) in [5.74, 6) is 0. The second kappa shape index (κ2) is 4.21. The molecule has 1 atom stereocenters. The first kappa shape index (κ1) is 9.20. The first-order valence-corrected chi connectivity index (χ1v) is 4.19. The van der Waals surface area contributed by atoms with Gasteiger partial charge in [0.1, 0.15) is 0 Å². The summed E-state index contributed by atoms with van der Waals surface area (Å²) in [7, 11) is 1.46. The lowest BCUT2D eigenvalue weighted by Crippen LogP contribution is -2.14. The molecule has 0 bridgehead atoms. The highest BCUT2D eigenvalue weighted by atomic mass is 19.2. The molecule has 0 spiro atoms. The molecule has 0 saturated carbocycles. The van der Waals surface area contributed by atoms with Crippen LogP contribution < -0.4 is 0 Å². The Bertz CT molecular complexity index is 221. The van der Waals surface area contributed by atoms with Gasteiger partial charge in [0.05, 0.1) is 6.04 Å². The van der Waals surface area contributed by atoms with E-state index in [1.165, 1.54) is 7.05 Å². The number of rotatable bonds is 3. The molecule has 0 saturated heterocycles. The fourth-order valence-electron chi connectivity index (χ4n) is 1.37. The standard InChI is InChI=1S/C10H14FN/c1-3-10(12(2)11)9-7-5-4-6-8-9/h4-8,10H,3H2,1-2H3. The Morgan fingerprint density at radius 2 is 1.92 bits per heavy atom. The molecule has 1 unspecified atom stereocenters. The first-order chi connectivity index (χ1) is 5.75. The Morgan fingerprint density at radius 1 is 1.33 bits per heavy atom. The lowest BCUT2D eigenvalue weighted by Gasteiger charge is -2.18. The van der Waals surface area contributed by atoms with Crippen molar-refractivity contribution in [1.29, 1.82) is 0 Å². The van der Waals surface area contributed by atoms with Gasteiger partial charge in [-0.25, -0.2) is 0 Å². The molecule has 0 aliphatic heterocycles. The van der Waals surface area contributed by atoms with Crippen molar-refractivity contribution < 1.29 is 4.48 Å². The Hall–Kier alpha value is -0.890. The van der Waals surface area contributed by atoms with Crippen molar-refractivity contribution in [3.63, 3.8) is 0 Å². The second-order valence-corrected chi connectivity index (χ2v) is 2.86. The quantitative estimate of drug-likeness (QED) is 0.625. The average molecular weight is 167 g/mol. The maximum absolute atomic E-state index is 12.9. The van der Waals surface area contributed by atoms with Gasteiger partial charge in [-0.2, -0.15) is 0 Å². The van der Waals surface area contributed by atoms with Gasteiger partial charge in [0.2, 0.25) is 0 Å². The van der Waals surface area contributed by atoms with E-state index in [1.54, 1.807) is 0 Å². The topological polar surface area (TPSA) is 3.24 Å². The van der Waals surface area contributed by atoms with Crippen molar-refractivity contribution in [3.05, 3.63) is 35.9 Å². The predicted molar refractivity (Wildman–Crippen MR) is 48.3 cm³/mol. The van der Waals surface area contributed by atoms with Crippen LogP contribution in [0.15, 0.2) is 30.3 Å². The SMILES string of the molecule is CCC(c1ccccc1)N(C)F. The molecule has 0 aliphatic carbocycles. The summed E-state index contributed by atoms with van der Waals surface area (Å²) in [5, 5.41) is 0.759. The molecule has 1 rings (SSSR count). The smallest absolute Gasteiger partial charge is 0.0645 e. The first-order valence-electron chi connectivity index (χ1n) is 4.19. The molecule has 66 valence electrons. The van der Waals surface area contributed by atoms with Crippen molar-refractivity contribution in [2.75, 3.05) is 7.05 Å². The van der Waals surface area contributed by atoms with E-state index in [1.807, 2.05) is 37.3 Å². The summed E-state index contributed by atoms with van der Waals surface area (Å²) < 4.78 is 12.9. The summed E-state index contributed by atoms with van der Waals surface area (Å²) in [4.78, 5) is 0.